The van der Waals surface area contributed by atoms with Gasteiger partial charge < -0.3 is 10.6 Å². The maximum absolute atomic E-state index is 5.88. The summed E-state index contributed by atoms with van der Waals surface area (Å²) in [5, 5.41) is 0. The Bertz CT molecular complexity index is 414. The Morgan fingerprint density at radius 1 is 1.39 bits per heavy atom. The maximum atomic E-state index is 5.88. The summed E-state index contributed by atoms with van der Waals surface area (Å²) in [6.07, 6.45) is 0. The molecule has 1 aromatic carbocycles. The molecule has 0 radical (unpaired) electrons. The summed E-state index contributed by atoms with van der Waals surface area (Å²) in [6, 6.07) is 9.19. The third-order valence-electron chi connectivity index (χ3n) is 3.97. The van der Waals surface area contributed by atoms with Crippen LogP contribution < -0.4 is 10.6 Å². The van der Waals surface area contributed by atoms with Crippen molar-refractivity contribution in [3.05, 3.63) is 29.8 Å². The first-order valence-corrected chi connectivity index (χ1v) is 6.68. The summed E-state index contributed by atoms with van der Waals surface area (Å²) < 4.78 is 0. The van der Waals surface area contributed by atoms with Gasteiger partial charge in [0.05, 0.1) is 0 Å². The molecule has 1 atom stereocenters. The second-order valence-electron chi connectivity index (χ2n) is 6.07. The standard InChI is InChI=1S/C15H25N3/c1-12-6-5-7-13(8-12)18-10-14(9-16)17(4)11-15(18,2)3/h5-8,14H,9-11,16H2,1-4H3. The Morgan fingerprint density at radius 3 is 2.72 bits per heavy atom. The second kappa shape index (κ2) is 4.90. The molecule has 1 aliphatic heterocycles. The monoisotopic (exact) mass is 247 g/mol. The Balaban J connectivity index is 2.30. The van der Waals surface area contributed by atoms with Gasteiger partial charge >= 0.3 is 0 Å². The van der Waals surface area contributed by atoms with E-state index in [2.05, 4.69) is 61.9 Å². The van der Waals surface area contributed by atoms with Gasteiger partial charge in [0, 0.05) is 36.9 Å². The summed E-state index contributed by atoms with van der Waals surface area (Å²) in [7, 11) is 2.17. The lowest BCUT2D eigenvalue weighted by Gasteiger charge is -2.51. The van der Waals surface area contributed by atoms with E-state index >= 15 is 0 Å². The van der Waals surface area contributed by atoms with Crippen LogP contribution in [0.1, 0.15) is 19.4 Å². The van der Waals surface area contributed by atoms with Crippen LogP contribution in [0.4, 0.5) is 5.69 Å². The molecule has 100 valence electrons. The first-order valence-electron chi connectivity index (χ1n) is 6.68. The number of likely N-dealkylation sites (N-methyl/N-ethyl adjacent to an activating group) is 1. The molecule has 2 rings (SSSR count). The second-order valence-corrected chi connectivity index (χ2v) is 6.07. The SMILES string of the molecule is Cc1cccc(N2CC(CN)N(C)CC2(C)C)c1. The first-order chi connectivity index (χ1) is 8.44. The van der Waals surface area contributed by atoms with Gasteiger partial charge in [0.25, 0.3) is 0 Å². The topological polar surface area (TPSA) is 32.5 Å². The minimum absolute atomic E-state index is 0.147. The fourth-order valence-electron chi connectivity index (χ4n) is 2.93. The van der Waals surface area contributed by atoms with Gasteiger partial charge in [0.2, 0.25) is 0 Å². The number of aryl methyl sites for hydroxylation is 1. The highest BCUT2D eigenvalue weighted by atomic mass is 15.3. The molecule has 0 aliphatic carbocycles. The summed E-state index contributed by atoms with van der Waals surface area (Å²) in [4.78, 5) is 4.88. The molecule has 0 amide bonds. The van der Waals surface area contributed by atoms with Crippen molar-refractivity contribution in [1.29, 1.82) is 0 Å². The van der Waals surface area contributed by atoms with Crippen LogP contribution >= 0.6 is 0 Å². The quantitative estimate of drug-likeness (QED) is 0.866. The largest absolute Gasteiger partial charge is 0.363 e. The van der Waals surface area contributed by atoms with E-state index in [1.807, 2.05) is 0 Å². The van der Waals surface area contributed by atoms with Crippen LogP contribution in [0.15, 0.2) is 24.3 Å². The van der Waals surface area contributed by atoms with E-state index < -0.39 is 0 Å². The number of nitrogens with two attached hydrogens (primary N) is 1. The number of rotatable bonds is 2. The molecule has 3 nitrogen and oxygen atoms in total. The van der Waals surface area contributed by atoms with Gasteiger partial charge in [0.1, 0.15) is 0 Å². The van der Waals surface area contributed by atoms with E-state index in [0.717, 1.165) is 19.6 Å². The van der Waals surface area contributed by atoms with E-state index in [1.54, 1.807) is 0 Å². The van der Waals surface area contributed by atoms with Gasteiger partial charge in [0.15, 0.2) is 0 Å². The van der Waals surface area contributed by atoms with Gasteiger partial charge in [-0.2, -0.15) is 0 Å². The molecule has 1 unspecified atom stereocenters. The minimum Gasteiger partial charge on any atom is -0.363 e. The van der Waals surface area contributed by atoms with Crippen LogP contribution in [0.25, 0.3) is 0 Å². The molecule has 2 N–H and O–H groups in total. The molecular weight excluding hydrogens is 222 g/mol. The minimum atomic E-state index is 0.147. The molecule has 1 fully saturated rings. The lowest BCUT2D eigenvalue weighted by atomic mass is 9.94. The number of piperazine rings is 1. The van der Waals surface area contributed by atoms with E-state index in [4.69, 9.17) is 5.73 Å². The van der Waals surface area contributed by atoms with Crippen molar-refractivity contribution < 1.29 is 0 Å². The van der Waals surface area contributed by atoms with Crippen molar-refractivity contribution in [2.75, 3.05) is 31.6 Å². The predicted octanol–water partition coefficient (Wildman–Crippen LogP) is 1.85. The highest BCUT2D eigenvalue weighted by molar-refractivity contribution is 5.51. The zero-order valence-corrected chi connectivity index (χ0v) is 12.0. The molecule has 0 bridgehead atoms. The predicted molar refractivity (Wildman–Crippen MR) is 78.1 cm³/mol. The van der Waals surface area contributed by atoms with Crippen LogP contribution in [0.2, 0.25) is 0 Å². The Morgan fingerprint density at radius 2 is 2.11 bits per heavy atom. The zero-order valence-electron chi connectivity index (χ0n) is 12.0. The van der Waals surface area contributed by atoms with E-state index in [0.29, 0.717) is 6.04 Å². The van der Waals surface area contributed by atoms with Crippen molar-refractivity contribution in [3.63, 3.8) is 0 Å². The van der Waals surface area contributed by atoms with Crippen LogP contribution in [0, 0.1) is 6.92 Å². The number of hydrogen-bond acceptors (Lipinski definition) is 3. The molecule has 18 heavy (non-hydrogen) atoms. The van der Waals surface area contributed by atoms with Gasteiger partial charge in [-0.05, 0) is 45.5 Å². The molecule has 0 saturated carbocycles. The molecule has 3 heteroatoms. The highest BCUT2D eigenvalue weighted by Gasteiger charge is 2.36. The van der Waals surface area contributed by atoms with Crippen molar-refractivity contribution in [2.24, 2.45) is 5.73 Å². The summed E-state index contributed by atoms with van der Waals surface area (Å²) in [5.41, 5.74) is 8.65. The van der Waals surface area contributed by atoms with E-state index in [-0.39, 0.29) is 5.54 Å². The van der Waals surface area contributed by atoms with Crippen molar-refractivity contribution in [1.82, 2.24) is 4.90 Å². The number of nitrogens with zero attached hydrogens (tertiary/aromatic N) is 2. The molecule has 1 aromatic rings. The maximum Gasteiger partial charge on any atom is 0.0473 e. The van der Waals surface area contributed by atoms with Crippen LogP contribution in [0.3, 0.4) is 0 Å². The number of anilines is 1. The third-order valence-corrected chi connectivity index (χ3v) is 3.97. The molecule has 1 aliphatic rings. The Kier molecular flexibility index (Phi) is 3.64. The van der Waals surface area contributed by atoms with Crippen molar-refractivity contribution in [3.8, 4) is 0 Å². The number of benzene rings is 1. The third kappa shape index (κ3) is 2.52. The van der Waals surface area contributed by atoms with Crippen molar-refractivity contribution >= 4 is 5.69 Å². The number of hydrogen-bond donors (Lipinski definition) is 1. The summed E-state index contributed by atoms with van der Waals surface area (Å²) in [5.74, 6) is 0. The first kappa shape index (κ1) is 13.4. The van der Waals surface area contributed by atoms with Crippen LogP contribution in [0.5, 0.6) is 0 Å². The van der Waals surface area contributed by atoms with Gasteiger partial charge in [-0.25, -0.2) is 0 Å². The highest BCUT2D eigenvalue weighted by Crippen LogP contribution is 2.29. The van der Waals surface area contributed by atoms with E-state index in [9.17, 15) is 0 Å². The van der Waals surface area contributed by atoms with Crippen LogP contribution in [-0.2, 0) is 0 Å². The smallest absolute Gasteiger partial charge is 0.0473 e. The molecule has 0 spiro atoms. The van der Waals surface area contributed by atoms with E-state index in [1.165, 1.54) is 11.3 Å². The molecular formula is C15H25N3. The van der Waals surface area contributed by atoms with Gasteiger partial charge in [-0.1, -0.05) is 12.1 Å². The average molecular weight is 247 g/mol. The fourth-order valence-corrected chi connectivity index (χ4v) is 2.93. The Labute approximate surface area is 111 Å². The van der Waals surface area contributed by atoms with Gasteiger partial charge in [-0.3, -0.25) is 4.90 Å². The van der Waals surface area contributed by atoms with Crippen molar-refractivity contribution in [2.45, 2.75) is 32.4 Å². The average Bonchev–Trinajstić information content (AvgIpc) is 2.28. The molecule has 1 saturated heterocycles. The zero-order chi connectivity index (χ0) is 13.3. The molecule has 0 aromatic heterocycles. The molecule has 1 heterocycles. The Hall–Kier alpha value is -1.06. The normalized spacial score (nSPS) is 24.3. The fraction of sp³-hybridized carbons (Fsp3) is 0.600. The summed E-state index contributed by atoms with van der Waals surface area (Å²) >= 11 is 0. The summed E-state index contributed by atoms with van der Waals surface area (Å²) in [6.45, 7) is 9.52. The lowest BCUT2D eigenvalue weighted by molar-refractivity contribution is 0.155. The van der Waals surface area contributed by atoms with Gasteiger partial charge in [-0.15, -0.1) is 0 Å². The van der Waals surface area contributed by atoms with Crippen LogP contribution in [-0.4, -0.2) is 43.2 Å². The lowest BCUT2D eigenvalue weighted by Crippen LogP contribution is -2.64.